The predicted octanol–water partition coefficient (Wildman–Crippen LogP) is 3.43. The maximum atomic E-state index is 9.48. The third-order valence-corrected chi connectivity index (χ3v) is 4.35. The number of fused-ring (bicyclic) bond motifs is 1. The third kappa shape index (κ3) is 4.98. The highest BCUT2D eigenvalue weighted by atomic mass is 16.5. The molecule has 124 valence electrons. The highest BCUT2D eigenvalue weighted by molar-refractivity contribution is 6.60. The molecule has 0 fully saturated rings. The van der Waals surface area contributed by atoms with E-state index >= 15 is 0 Å². The zero-order valence-corrected chi connectivity index (χ0v) is 14.2. The van der Waals surface area contributed by atoms with Gasteiger partial charge in [0.25, 0.3) is 0 Å². The van der Waals surface area contributed by atoms with Crippen LogP contribution in [0.5, 0.6) is 5.75 Å². The number of ether oxygens (including phenoxy) is 1. The average molecular weight is 314 g/mol. The van der Waals surface area contributed by atoms with Gasteiger partial charge in [0.2, 0.25) is 0 Å². The molecule has 0 heterocycles. The molecule has 23 heavy (non-hydrogen) atoms. The molecule has 0 aliphatic rings. The molecule has 0 bridgehead atoms. The molecular weight excluding hydrogens is 287 g/mol. The third-order valence-electron chi connectivity index (χ3n) is 4.35. The highest BCUT2D eigenvalue weighted by Gasteiger charge is 2.17. The smallest absolute Gasteiger partial charge is 0.492 e. The second-order valence-electron chi connectivity index (χ2n) is 6.17. The summed E-state index contributed by atoms with van der Waals surface area (Å²) in [4.78, 5) is 0. The van der Waals surface area contributed by atoms with Gasteiger partial charge in [0.15, 0.2) is 0 Å². The van der Waals surface area contributed by atoms with Gasteiger partial charge in [0.1, 0.15) is 5.75 Å². The van der Waals surface area contributed by atoms with E-state index in [0.717, 1.165) is 17.2 Å². The highest BCUT2D eigenvalue weighted by Crippen LogP contribution is 2.22. The number of hydrogen-bond donors (Lipinski definition) is 2. The zero-order chi connectivity index (χ0) is 16.7. The van der Waals surface area contributed by atoms with Crippen molar-refractivity contribution >= 4 is 23.4 Å². The van der Waals surface area contributed by atoms with Gasteiger partial charge in [-0.25, -0.2) is 0 Å². The number of rotatable bonds is 9. The van der Waals surface area contributed by atoms with Crippen molar-refractivity contribution in [1.82, 2.24) is 0 Å². The Balaban J connectivity index is 2.06. The van der Waals surface area contributed by atoms with Crippen LogP contribution >= 0.6 is 0 Å². The van der Waals surface area contributed by atoms with E-state index in [4.69, 9.17) is 4.74 Å². The minimum atomic E-state index is -1.52. The van der Waals surface area contributed by atoms with Gasteiger partial charge >= 0.3 is 7.12 Å². The summed E-state index contributed by atoms with van der Waals surface area (Å²) in [7, 11) is 0.0246. The van der Waals surface area contributed by atoms with Crippen molar-refractivity contribution in [3.8, 4) is 5.75 Å². The molecule has 3 nitrogen and oxygen atoms in total. The molecular formula is C19H27BO3. The van der Waals surface area contributed by atoms with E-state index in [9.17, 15) is 10.0 Å². The summed E-state index contributed by atoms with van der Waals surface area (Å²) in [6.45, 7) is 2.24. The quantitative estimate of drug-likeness (QED) is 0.551. The van der Waals surface area contributed by atoms with Crippen molar-refractivity contribution in [3.63, 3.8) is 0 Å². The molecule has 0 amide bonds. The summed E-state index contributed by atoms with van der Waals surface area (Å²) < 4.78 is 5.24. The summed E-state index contributed by atoms with van der Waals surface area (Å²) in [5, 5.41) is 21.0. The van der Waals surface area contributed by atoms with Gasteiger partial charge in [0.05, 0.1) is 7.11 Å². The van der Waals surface area contributed by atoms with Gasteiger partial charge in [-0.2, -0.15) is 0 Å². The monoisotopic (exact) mass is 314 g/mol. The molecule has 2 rings (SSSR count). The second kappa shape index (κ2) is 8.95. The fourth-order valence-corrected chi connectivity index (χ4v) is 2.99. The summed E-state index contributed by atoms with van der Waals surface area (Å²) in [5.74, 6) is 0.510. The number of benzene rings is 2. The van der Waals surface area contributed by atoms with E-state index in [-0.39, 0.29) is 0 Å². The van der Waals surface area contributed by atoms with Crippen molar-refractivity contribution in [1.29, 1.82) is 0 Å². The van der Waals surface area contributed by atoms with Crippen LogP contribution in [0.15, 0.2) is 30.3 Å². The maximum absolute atomic E-state index is 9.48. The largest absolute Gasteiger partial charge is 0.497 e. The van der Waals surface area contributed by atoms with Gasteiger partial charge in [-0.05, 0) is 35.2 Å². The van der Waals surface area contributed by atoms with Crippen molar-refractivity contribution in [2.24, 2.45) is 0 Å². The Morgan fingerprint density at radius 1 is 0.913 bits per heavy atom. The minimum absolute atomic E-state index is 0.414. The Hall–Kier alpha value is -1.52. The molecule has 0 unspecified atom stereocenters. The number of methoxy groups -OCH3 is 1. The first kappa shape index (κ1) is 17.8. The Bertz CT molecular complexity index is 625. The molecule has 0 radical (unpaired) electrons. The second-order valence-corrected chi connectivity index (χ2v) is 6.17. The first-order valence-corrected chi connectivity index (χ1v) is 8.62. The lowest BCUT2D eigenvalue weighted by Crippen LogP contribution is -2.31. The van der Waals surface area contributed by atoms with E-state index in [0.29, 0.717) is 11.2 Å². The van der Waals surface area contributed by atoms with Crippen LogP contribution in [0.3, 0.4) is 0 Å². The van der Waals surface area contributed by atoms with Crippen LogP contribution in [-0.4, -0.2) is 24.3 Å². The summed E-state index contributed by atoms with van der Waals surface area (Å²) >= 11 is 0. The molecule has 4 heteroatoms. The molecule has 0 aliphatic carbocycles. The van der Waals surface area contributed by atoms with Gasteiger partial charge < -0.3 is 14.8 Å². The van der Waals surface area contributed by atoms with E-state index in [1.165, 1.54) is 44.1 Å². The maximum Gasteiger partial charge on any atom is 0.492 e. The summed E-state index contributed by atoms with van der Waals surface area (Å²) in [6.07, 6.45) is 8.84. The lowest BCUT2D eigenvalue weighted by atomic mass is 9.78. The first-order valence-electron chi connectivity index (χ1n) is 8.62. The predicted molar refractivity (Wildman–Crippen MR) is 97.4 cm³/mol. The molecule has 0 saturated carbocycles. The molecule has 2 N–H and O–H groups in total. The molecule has 0 atom stereocenters. The fourth-order valence-electron chi connectivity index (χ4n) is 2.99. The van der Waals surface area contributed by atoms with Crippen LogP contribution in [0.25, 0.3) is 10.8 Å². The number of aryl methyl sites for hydroxylation is 1. The van der Waals surface area contributed by atoms with E-state index in [1.54, 1.807) is 7.11 Å². The lowest BCUT2D eigenvalue weighted by Gasteiger charge is -2.11. The summed E-state index contributed by atoms with van der Waals surface area (Å²) in [5.41, 5.74) is 1.72. The molecule has 2 aromatic carbocycles. The van der Waals surface area contributed by atoms with Crippen molar-refractivity contribution in [2.45, 2.75) is 51.9 Å². The molecule has 0 aromatic heterocycles. The summed E-state index contributed by atoms with van der Waals surface area (Å²) in [6, 6.07) is 10.1. The van der Waals surface area contributed by atoms with Crippen LogP contribution < -0.4 is 10.2 Å². The van der Waals surface area contributed by atoms with Gasteiger partial charge in [0, 0.05) is 5.46 Å². The Morgan fingerprint density at radius 3 is 2.35 bits per heavy atom. The van der Waals surface area contributed by atoms with Gasteiger partial charge in [-0.3, -0.25) is 0 Å². The van der Waals surface area contributed by atoms with Crippen LogP contribution in [0.2, 0.25) is 0 Å². The standard InChI is InChI=1S/C19H27BO3/c1-3-4-5-6-7-8-9-15-10-11-16-14-19(23-2)18(20(21)22)13-17(16)12-15/h10-14,21-22H,3-9H2,1-2H3. The first-order chi connectivity index (χ1) is 11.2. The SMILES string of the molecule is CCCCCCCCc1ccc2cc(OC)c(B(O)O)cc2c1. The normalized spacial score (nSPS) is 11.0. The van der Waals surface area contributed by atoms with E-state index in [2.05, 4.69) is 25.1 Å². The Kier molecular flexibility index (Phi) is 6.94. The molecule has 0 saturated heterocycles. The van der Waals surface area contributed by atoms with Crippen molar-refractivity contribution < 1.29 is 14.8 Å². The van der Waals surface area contributed by atoms with Gasteiger partial charge in [-0.1, -0.05) is 63.3 Å². The minimum Gasteiger partial charge on any atom is -0.497 e. The average Bonchev–Trinajstić information content (AvgIpc) is 2.56. The Labute approximate surface area is 139 Å². The zero-order valence-electron chi connectivity index (χ0n) is 14.2. The molecule has 2 aromatic rings. The van der Waals surface area contributed by atoms with Crippen LogP contribution in [0.1, 0.15) is 51.0 Å². The molecule has 0 spiro atoms. The number of hydrogen-bond acceptors (Lipinski definition) is 3. The van der Waals surface area contributed by atoms with Crippen molar-refractivity contribution in [2.75, 3.05) is 7.11 Å². The number of unbranched alkanes of at least 4 members (excludes halogenated alkanes) is 5. The van der Waals surface area contributed by atoms with Gasteiger partial charge in [-0.15, -0.1) is 0 Å². The van der Waals surface area contributed by atoms with Crippen molar-refractivity contribution in [3.05, 3.63) is 35.9 Å². The topological polar surface area (TPSA) is 49.7 Å². The molecule has 0 aliphatic heterocycles. The lowest BCUT2D eigenvalue weighted by molar-refractivity contribution is 0.403. The van der Waals surface area contributed by atoms with E-state index < -0.39 is 7.12 Å². The van der Waals surface area contributed by atoms with Crippen LogP contribution in [-0.2, 0) is 6.42 Å². The Morgan fingerprint density at radius 2 is 1.65 bits per heavy atom. The fraction of sp³-hybridized carbons (Fsp3) is 0.474. The van der Waals surface area contributed by atoms with Crippen LogP contribution in [0.4, 0.5) is 0 Å². The van der Waals surface area contributed by atoms with E-state index in [1.807, 2.05) is 12.1 Å². The van der Waals surface area contributed by atoms with Crippen LogP contribution in [0, 0.1) is 0 Å².